The molecule has 0 fully saturated rings. The van der Waals surface area contributed by atoms with Crippen molar-refractivity contribution in [3.8, 4) is 0 Å². The van der Waals surface area contributed by atoms with Gasteiger partial charge in [0.05, 0.1) is 0 Å². The highest BCUT2D eigenvalue weighted by atomic mass is 32.2. The maximum absolute atomic E-state index is 11.2. The molecule has 0 saturated heterocycles. The highest BCUT2D eigenvalue weighted by Crippen LogP contribution is 2.34. The number of carbonyl (C=O) groups excluding carboxylic acids is 1. The number of rotatable bonds is 8. The van der Waals surface area contributed by atoms with Crippen LogP contribution in [0.5, 0.6) is 0 Å². The number of thioether (sulfide) groups is 4. The summed E-state index contributed by atoms with van der Waals surface area (Å²) in [7, 11) is 0. The maximum atomic E-state index is 11.2. The summed E-state index contributed by atoms with van der Waals surface area (Å²) in [6.07, 6.45) is 5.78. The van der Waals surface area contributed by atoms with Crippen molar-refractivity contribution in [2.45, 2.75) is 19.8 Å². The molecule has 0 atom stereocenters. The molecule has 0 aliphatic carbocycles. The van der Waals surface area contributed by atoms with E-state index in [0.29, 0.717) is 0 Å². The molecule has 1 nitrogen and oxygen atoms in total. The van der Waals surface area contributed by atoms with Gasteiger partial charge in [-0.2, -0.15) is 11.8 Å². The van der Waals surface area contributed by atoms with Crippen LogP contribution in [0.25, 0.3) is 0 Å². The molecule has 0 amide bonds. The van der Waals surface area contributed by atoms with E-state index in [1.54, 1.807) is 17.1 Å². The van der Waals surface area contributed by atoms with Crippen LogP contribution >= 0.6 is 47.0 Å². The summed E-state index contributed by atoms with van der Waals surface area (Å²) < 4.78 is 0. The Morgan fingerprint density at radius 1 is 1.47 bits per heavy atom. The minimum atomic E-state index is 0.182. The quantitative estimate of drug-likeness (QED) is 0.479. The lowest BCUT2D eigenvalue weighted by Crippen LogP contribution is -1.91. The van der Waals surface area contributed by atoms with E-state index in [1.165, 1.54) is 34.8 Å². The molecule has 1 aliphatic heterocycles. The molecule has 0 aromatic heterocycles. The van der Waals surface area contributed by atoms with Gasteiger partial charge in [0.15, 0.2) is 0 Å². The van der Waals surface area contributed by atoms with Crippen LogP contribution in [0, 0.1) is 0 Å². The van der Waals surface area contributed by atoms with Crippen molar-refractivity contribution in [3.63, 3.8) is 0 Å². The third-order valence-corrected chi connectivity index (χ3v) is 6.29. The van der Waals surface area contributed by atoms with Gasteiger partial charge in [0, 0.05) is 10.8 Å². The molecular weight excluding hydrogens is 288 g/mol. The zero-order chi connectivity index (χ0) is 12.3. The third-order valence-electron chi connectivity index (χ3n) is 2.00. The van der Waals surface area contributed by atoms with Crippen molar-refractivity contribution in [2.24, 2.45) is 0 Å². The molecule has 0 aromatic carbocycles. The highest BCUT2D eigenvalue weighted by molar-refractivity contribution is 8.22. The lowest BCUT2D eigenvalue weighted by molar-refractivity contribution is -0.107. The minimum Gasteiger partial charge on any atom is -0.282 e. The lowest BCUT2D eigenvalue weighted by Gasteiger charge is -2.01. The van der Waals surface area contributed by atoms with E-state index in [9.17, 15) is 4.79 Å². The molecule has 0 bridgehead atoms. The van der Waals surface area contributed by atoms with Gasteiger partial charge < -0.3 is 0 Å². The first kappa shape index (κ1) is 15.6. The third kappa shape index (κ3) is 8.30. The SMILES string of the molecule is CC=CC(=O)SCCCSCCC1=CSCS1. The second kappa shape index (κ2) is 10.5. The zero-order valence-electron chi connectivity index (χ0n) is 10.0. The zero-order valence-corrected chi connectivity index (χ0v) is 13.3. The van der Waals surface area contributed by atoms with Gasteiger partial charge in [-0.3, -0.25) is 4.79 Å². The molecule has 5 heteroatoms. The second-order valence-corrected chi connectivity index (χ2v) is 8.05. The molecule has 0 unspecified atom stereocenters. The van der Waals surface area contributed by atoms with Crippen molar-refractivity contribution in [1.82, 2.24) is 0 Å². The van der Waals surface area contributed by atoms with Crippen LogP contribution in [0.1, 0.15) is 19.8 Å². The Morgan fingerprint density at radius 2 is 2.35 bits per heavy atom. The monoisotopic (exact) mass is 306 g/mol. The van der Waals surface area contributed by atoms with Gasteiger partial charge in [-0.05, 0) is 47.7 Å². The molecule has 0 N–H and O–H groups in total. The average Bonchev–Trinajstić information content (AvgIpc) is 2.81. The summed E-state index contributed by atoms with van der Waals surface area (Å²) in [4.78, 5) is 12.7. The summed E-state index contributed by atoms with van der Waals surface area (Å²) in [5, 5.41) is 3.67. The molecular formula is C12H18OS4. The van der Waals surface area contributed by atoms with Crippen LogP contribution in [0.15, 0.2) is 22.5 Å². The van der Waals surface area contributed by atoms with Crippen molar-refractivity contribution < 1.29 is 4.79 Å². The average molecular weight is 307 g/mol. The molecule has 17 heavy (non-hydrogen) atoms. The molecule has 0 spiro atoms. The summed E-state index contributed by atoms with van der Waals surface area (Å²) in [5.41, 5.74) is 0. The Balaban J connectivity index is 1.86. The largest absolute Gasteiger partial charge is 0.282 e. The van der Waals surface area contributed by atoms with Gasteiger partial charge >= 0.3 is 0 Å². The molecule has 0 radical (unpaired) electrons. The Hall–Kier alpha value is 0.550. The van der Waals surface area contributed by atoms with Gasteiger partial charge in [-0.1, -0.05) is 17.8 Å². The first-order valence-corrected chi connectivity index (χ1v) is 9.81. The minimum absolute atomic E-state index is 0.182. The molecule has 0 aromatic rings. The molecule has 1 rings (SSSR count). The van der Waals surface area contributed by atoms with Crippen molar-refractivity contribution >= 4 is 52.2 Å². The van der Waals surface area contributed by atoms with E-state index in [0.717, 1.165) is 12.2 Å². The molecule has 1 aliphatic rings. The van der Waals surface area contributed by atoms with Gasteiger partial charge in [0.25, 0.3) is 0 Å². The van der Waals surface area contributed by atoms with E-state index in [4.69, 9.17) is 0 Å². The van der Waals surface area contributed by atoms with E-state index in [-0.39, 0.29) is 5.12 Å². The Labute approximate surface area is 121 Å². The summed E-state index contributed by atoms with van der Waals surface area (Å²) in [5.74, 6) is 3.33. The lowest BCUT2D eigenvalue weighted by atomic mass is 10.5. The number of allylic oxidation sites excluding steroid dienone is 2. The fourth-order valence-electron chi connectivity index (χ4n) is 1.19. The van der Waals surface area contributed by atoms with Crippen molar-refractivity contribution in [3.05, 3.63) is 22.5 Å². The Bertz CT molecular complexity index is 286. The van der Waals surface area contributed by atoms with E-state index >= 15 is 0 Å². The van der Waals surface area contributed by atoms with Crippen molar-refractivity contribution in [1.29, 1.82) is 0 Å². The standard InChI is InChI=1S/C12H18OS4/c1-2-4-12(13)16-7-3-6-14-8-5-11-9-15-10-17-11/h2,4,9H,3,5-8,10H2,1H3. The van der Waals surface area contributed by atoms with Crippen LogP contribution in [0.3, 0.4) is 0 Å². The van der Waals surface area contributed by atoms with Crippen LogP contribution in [-0.2, 0) is 4.79 Å². The number of carbonyl (C=O) groups is 1. The topological polar surface area (TPSA) is 17.1 Å². The van der Waals surface area contributed by atoms with Crippen LogP contribution in [0.2, 0.25) is 0 Å². The van der Waals surface area contributed by atoms with Crippen LogP contribution in [0.4, 0.5) is 0 Å². The molecule has 1 heterocycles. The van der Waals surface area contributed by atoms with Gasteiger partial charge in [-0.15, -0.1) is 23.5 Å². The first-order chi connectivity index (χ1) is 8.33. The predicted octanol–water partition coefficient (Wildman–Crippen LogP) is 4.61. The summed E-state index contributed by atoms with van der Waals surface area (Å²) in [6, 6.07) is 0. The molecule has 96 valence electrons. The smallest absolute Gasteiger partial charge is 0.211 e. The normalized spacial score (nSPS) is 15.5. The van der Waals surface area contributed by atoms with E-state index in [2.05, 4.69) is 5.41 Å². The maximum Gasteiger partial charge on any atom is 0.211 e. The Morgan fingerprint density at radius 3 is 3.06 bits per heavy atom. The fourth-order valence-corrected chi connectivity index (χ4v) is 5.32. The fraction of sp³-hybridized carbons (Fsp3) is 0.583. The predicted molar refractivity (Wildman–Crippen MR) is 87.0 cm³/mol. The van der Waals surface area contributed by atoms with Gasteiger partial charge in [-0.25, -0.2) is 0 Å². The summed E-state index contributed by atoms with van der Waals surface area (Å²) in [6.45, 7) is 1.88. The highest BCUT2D eigenvalue weighted by Gasteiger charge is 2.04. The van der Waals surface area contributed by atoms with Crippen molar-refractivity contribution in [2.75, 3.05) is 22.3 Å². The van der Waals surface area contributed by atoms with Crippen LogP contribution < -0.4 is 0 Å². The van der Waals surface area contributed by atoms with Gasteiger partial charge in [0.2, 0.25) is 5.12 Å². The van der Waals surface area contributed by atoms with Crippen LogP contribution in [-0.4, -0.2) is 27.5 Å². The molecule has 0 saturated carbocycles. The van der Waals surface area contributed by atoms with E-state index < -0.39 is 0 Å². The number of hydrogen-bond acceptors (Lipinski definition) is 5. The second-order valence-electron chi connectivity index (χ2n) is 3.40. The Kier molecular flexibility index (Phi) is 9.61. The summed E-state index contributed by atoms with van der Waals surface area (Å²) >= 11 is 7.31. The number of hydrogen-bond donors (Lipinski definition) is 0. The first-order valence-electron chi connectivity index (χ1n) is 5.63. The van der Waals surface area contributed by atoms with Gasteiger partial charge in [0.1, 0.15) is 0 Å². The van der Waals surface area contributed by atoms with E-state index in [1.807, 2.05) is 42.2 Å².